The summed E-state index contributed by atoms with van der Waals surface area (Å²) >= 11 is 0. The quantitative estimate of drug-likeness (QED) is 0.607. The molecule has 0 saturated carbocycles. The Morgan fingerprint density at radius 2 is 1.90 bits per heavy atom. The van der Waals surface area contributed by atoms with E-state index in [1.807, 2.05) is 0 Å². The van der Waals surface area contributed by atoms with E-state index in [0.29, 0.717) is 11.5 Å². The minimum absolute atomic E-state index is 0.150. The van der Waals surface area contributed by atoms with Gasteiger partial charge in [-0.2, -0.15) is 0 Å². The molecular weight excluding hydrogens is 274 g/mol. The Morgan fingerprint density at radius 3 is 2.52 bits per heavy atom. The van der Waals surface area contributed by atoms with E-state index in [2.05, 4.69) is 5.32 Å². The van der Waals surface area contributed by atoms with Crippen molar-refractivity contribution in [3.63, 3.8) is 0 Å². The van der Waals surface area contributed by atoms with Crippen LogP contribution in [-0.2, 0) is 14.3 Å². The fourth-order valence-corrected chi connectivity index (χ4v) is 1.56. The predicted molar refractivity (Wildman–Crippen MR) is 78.2 cm³/mol. The van der Waals surface area contributed by atoms with E-state index in [1.54, 1.807) is 38.3 Å². The average molecular weight is 293 g/mol. The lowest BCUT2D eigenvalue weighted by Crippen LogP contribution is -2.29. The highest BCUT2D eigenvalue weighted by molar-refractivity contribution is 5.93. The summed E-state index contributed by atoms with van der Waals surface area (Å²) in [7, 11) is 3.09. The summed E-state index contributed by atoms with van der Waals surface area (Å²) in [5, 5.41) is 2.43. The van der Waals surface area contributed by atoms with Crippen molar-refractivity contribution in [1.29, 1.82) is 0 Å². The van der Waals surface area contributed by atoms with Crippen LogP contribution in [0.2, 0.25) is 0 Å². The van der Waals surface area contributed by atoms with Crippen molar-refractivity contribution < 1.29 is 23.8 Å². The van der Waals surface area contributed by atoms with E-state index in [0.717, 1.165) is 5.56 Å². The molecule has 1 amide bonds. The van der Waals surface area contributed by atoms with Gasteiger partial charge in [0.25, 0.3) is 0 Å². The third-order valence-corrected chi connectivity index (χ3v) is 2.55. The molecule has 0 fully saturated rings. The first-order valence-corrected chi connectivity index (χ1v) is 6.44. The molecular formula is C15H19NO5. The van der Waals surface area contributed by atoms with Gasteiger partial charge in [0.1, 0.15) is 6.54 Å². The summed E-state index contributed by atoms with van der Waals surface area (Å²) < 4.78 is 15.0. The van der Waals surface area contributed by atoms with Gasteiger partial charge in [0.15, 0.2) is 11.5 Å². The van der Waals surface area contributed by atoms with Crippen LogP contribution in [0.1, 0.15) is 12.5 Å². The Kier molecular flexibility index (Phi) is 6.80. The molecule has 1 aromatic carbocycles. The Bertz CT molecular complexity index is 525. The van der Waals surface area contributed by atoms with E-state index < -0.39 is 5.97 Å². The second-order valence-corrected chi connectivity index (χ2v) is 3.97. The molecule has 0 spiro atoms. The number of carbonyl (C=O) groups is 2. The highest BCUT2D eigenvalue weighted by atomic mass is 16.5. The number of methoxy groups -OCH3 is 2. The molecule has 0 saturated heterocycles. The summed E-state index contributed by atoms with van der Waals surface area (Å²) in [5.41, 5.74) is 0.777. The topological polar surface area (TPSA) is 73.9 Å². The lowest BCUT2D eigenvalue weighted by Gasteiger charge is -2.07. The summed E-state index contributed by atoms with van der Waals surface area (Å²) in [6.45, 7) is 1.84. The van der Waals surface area contributed by atoms with E-state index in [-0.39, 0.29) is 19.1 Å². The lowest BCUT2D eigenvalue weighted by atomic mass is 10.2. The first-order chi connectivity index (χ1) is 10.1. The van der Waals surface area contributed by atoms with Gasteiger partial charge in [0, 0.05) is 6.08 Å². The van der Waals surface area contributed by atoms with Crippen LogP contribution in [0.3, 0.4) is 0 Å². The largest absolute Gasteiger partial charge is 0.493 e. The number of benzene rings is 1. The molecule has 0 radical (unpaired) electrons. The van der Waals surface area contributed by atoms with Crippen molar-refractivity contribution >= 4 is 18.0 Å². The second kappa shape index (κ2) is 8.63. The van der Waals surface area contributed by atoms with Gasteiger partial charge in [-0.25, -0.2) is 0 Å². The third-order valence-electron chi connectivity index (χ3n) is 2.55. The molecule has 114 valence electrons. The Balaban J connectivity index is 2.59. The van der Waals surface area contributed by atoms with Crippen molar-refractivity contribution in [2.45, 2.75) is 6.92 Å². The molecule has 1 rings (SSSR count). The SMILES string of the molecule is CCOC(=O)CNC(=O)/C=C/c1ccc(OC)c(OC)c1. The standard InChI is InChI=1S/C15H19NO5/c1-4-21-15(18)10-16-14(17)8-6-11-5-7-12(19-2)13(9-11)20-3/h5-9H,4,10H2,1-3H3,(H,16,17)/b8-6+. The molecule has 1 aromatic rings. The van der Waals surface area contributed by atoms with Crippen molar-refractivity contribution in [2.24, 2.45) is 0 Å². The van der Waals surface area contributed by atoms with Crippen LogP contribution < -0.4 is 14.8 Å². The molecule has 0 atom stereocenters. The Hall–Kier alpha value is -2.50. The zero-order chi connectivity index (χ0) is 15.7. The molecule has 0 aliphatic heterocycles. The predicted octanol–water partition coefficient (Wildman–Crippen LogP) is 1.40. The van der Waals surface area contributed by atoms with Gasteiger partial charge in [-0.1, -0.05) is 6.07 Å². The van der Waals surface area contributed by atoms with Crippen LogP contribution in [0.25, 0.3) is 6.08 Å². The zero-order valence-electron chi connectivity index (χ0n) is 12.3. The van der Waals surface area contributed by atoms with Crippen LogP contribution in [0, 0.1) is 0 Å². The number of carbonyl (C=O) groups excluding carboxylic acids is 2. The number of amides is 1. The second-order valence-electron chi connectivity index (χ2n) is 3.97. The molecule has 6 heteroatoms. The lowest BCUT2D eigenvalue weighted by molar-refractivity contribution is -0.143. The Morgan fingerprint density at radius 1 is 1.19 bits per heavy atom. The molecule has 0 aliphatic carbocycles. The fraction of sp³-hybridized carbons (Fsp3) is 0.333. The van der Waals surface area contributed by atoms with Crippen LogP contribution >= 0.6 is 0 Å². The minimum atomic E-state index is -0.467. The maximum atomic E-state index is 11.5. The molecule has 0 bridgehead atoms. The van der Waals surface area contributed by atoms with Gasteiger partial charge in [-0.15, -0.1) is 0 Å². The molecule has 0 aromatic heterocycles. The van der Waals surface area contributed by atoms with E-state index in [1.165, 1.54) is 13.2 Å². The minimum Gasteiger partial charge on any atom is -0.493 e. The normalized spacial score (nSPS) is 10.2. The van der Waals surface area contributed by atoms with Crippen LogP contribution in [0.15, 0.2) is 24.3 Å². The van der Waals surface area contributed by atoms with Crippen LogP contribution in [0.4, 0.5) is 0 Å². The monoisotopic (exact) mass is 293 g/mol. The van der Waals surface area contributed by atoms with Crippen molar-refractivity contribution in [3.8, 4) is 11.5 Å². The van der Waals surface area contributed by atoms with Gasteiger partial charge in [-0.05, 0) is 30.7 Å². The number of hydrogen-bond donors (Lipinski definition) is 1. The van der Waals surface area contributed by atoms with Gasteiger partial charge < -0.3 is 19.5 Å². The first-order valence-electron chi connectivity index (χ1n) is 6.44. The Labute approximate surface area is 123 Å². The number of nitrogens with one attached hydrogen (secondary N) is 1. The number of hydrogen-bond acceptors (Lipinski definition) is 5. The smallest absolute Gasteiger partial charge is 0.325 e. The van der Waals surface area contributed by atoms with Crippen molar-refractivity contribution in [2.75, 3.05) is 27.4 Å². The molecule has 6 nitrogen and oxygen atoms in total. The van der Waals surface area contributed by atoms with Crippen LogP contribution in [0.5, 0.6) is 11.5 Å². The van der Waals surface area contributed by atoms with Gasteiger partial charge in [-0.3, -0.25) is 9.59 Å². The first kappa shape index (κ1) is 16.6. The van der Waals surface area contributed by atoms with Gasteiger partial charge in [0.05, 0.1) is 20.8 Å². The molecule has 21 heavy (non-hydrogen) atoms. The number of esters is 1. The maximum absolute atomic E-state index is 11.5. The third kappa shape index (κ3) is 5.56. The highest BCUT2D eigenvalue weighted by Gasteiger charge is 2.04. The van der Waals surface area contributed by atoms with E-state index >= 15 is 0 Å². The summed E-state index contributed by atoms with van der Waals surface area (Å²) in [5.74, 6) is 0.344. The molecule has 0 unspecified atom stereocenters. The average Bonchev–Trinajstić information content (AvgIpc) is 2.50. The van der Waals surface area contributed by atoms with Gasteiger partial charge in [0.2, 0.25) is 5.91 Å². The number of rotatable bonds is 7. The highest BCUT2D eigenvalue weighted by Crippen LogP contribution is 2.27. The zero-order valence-corrected chi connectivity index (χ0v) is 12.3. The summed E-state index contributed by atoms with van der Waals surface area (Å²) in [4.78, 5) is 22.6. The van der Waals surface area contributed by atoms with Crippen molar-refractivity contribution in [1.82, 2.24) is 5.32 Å². The summed E-state index contributed by atoms with van der Waals surface area (Å²) in [6.07, 6.45) is 2.95. The number of ether oxygens (including phenoxy) is 3. The van der Waals surface area contributed by atoms with E-state index in [9.17, 15) is 9.59 Å². The van der Waals surface area contributed by atoms with Gasteiger partial charge >= 0.3 is 5.97 Å². The molecule has 1 N–H and O–H groups in total. The van der Waals surface area contributed by atoms with E-state index in [4.69, 9.17) is 14.2 Å². The fourth-order valence-electron chi connectivity index (χ4n) is 1.56. The van der Waals surface area contributed by atoms with Crippen LogP contribution in [-0.4, -0.2) is 39.2 Å². The molecule has 0 heterocycles. The maximum Gasteiger partial charge on any atom is 0.325 e. The summed E-state index contributed by atoms with van der Waals surface area (Å²) in [6, 6.07) is 5.28. The van der Waals surface area contributed by atoms with Crippen molar-refractivity contribution in [3.05, 3.63) is 29.8 Å². The molecule has 0 aliphatic rings.